The van der Waals surface area contributed by atoms with Crippen LogP contribution in [-0.4, -0.2) is 24.0 Å². The van der Waals surface area contributed by atoms with Crippen molar-refractivity contribution in [1.29, 1.82) is 0 Å². The molecule has 1 aromatic heterocycles. The smallest absolute Gasteiger partial charge is 0.227 e. The second kappa shape index (κ2) is 5.36. The summed E-state index contributed by atoms with van der Waals surface area (Å²) in [5.74, 6) is 0.188. The molecule has 1 saturated heterocycles. The number of nitrogens with one attached hydrogen (secondary N) is 3. The molecule has 0 spiro atoms. The normalized spacial score (nSPS) is 24.5. The molecule has 0 aliphatic carbocycles. The third-order valence-corrected chi connectivity index (χ3v) is 3.75. The van der Waals surface area contributed by atoms with E-state index in [1.807, 2.05) is 18.5 Å². The van der Waals surface area contributed by atoms with Crippen molar-refractivity contribution in [2.24, 2.45) is 5.41 Å². The molecule has 1 fully saturated rings. The molecule has 1 aromatic rings. The van der Waals surface area contributed by atoms with E-state index in [1.165, 1.54) is 0 Å². The molecule has 1 amide bonds. The highest BCUT2D eigenvalue weighted by Crippen LogP contribution is 2.30. The number of hydrogen-bond donors (Lipinski definition) is 3. The van der Waals surface area contributed by atoms with E-state index in [-0.39, 0.29) is 11.3 Å². The minimum atomic E-state index is -0.200. The van der Waals surface area contributed by atoms with Gasteiger partial charge in [-0.25, -0.2) is 0 Å². The Morgan fingerprint density at radius 2 is 2.47 bits per heavy atom. The summed E-state index contributed by atoms with van der Waals surface area (Å²) >= 11 is 0. The number of amides is 1. The molecule has 4 heteroatoms. The molecule has 17 heavy (non-hydrogen) atoms. The lowest BCUT2D eigenvalue weighted by Crippen LogP contribution is -2.49. The second-order valence-electron chi connectivity index (χ2n) is 4.82. The maximum atomic E-state index is 12.3. The largest absolute Gasteiger partial charge is 0.367 e. The summed E-state index contributed by atoms with van der Waals surface area (Å²) in [6.45, 7) is 4.56. The maximum Gasteiger partial charge on any atom is 0.227 e. The van der Waals surface area contributed by atoms with Gasteiger partial charge in [0.1, 0.15) is 0 Å². The van der Waals surface area contributed by atoms with E-state index in [0.29, 0.717) is 6.54 Å². The number of aromatic amines is 1. The van der Waals surface area contributed by atoms with Crippen LogP contribution in [0.1, 0.15) is 31.7 Å². The number of carbonyl (C=O) groups excluding carboxylic acids is 1. The Morgan fingerprint density at radius 3 is 3.06 bits per heavy atom. The van der Waals surface area contributed by atoms with E-state index >= 15 is 0 Å². The fraction of sp³-hybridized carbons (Fsp3) is 0.615. The van der Waals surface area contributed by atoms with Crippen molar-refractivity contribution in [2.45, 2.75) is 32.7 Å². The first-order chi connectivity index (χ1) is 8.27. The highest BCUT2D eigenvalue weighted by atomic mass is 16.2. The third-order valence-electron chi connectivity index (χ3n) is 3.75. The minimum Gasteiger partial charge on any atom is -0.367 e. The summed E-state index contributed by atoms with van der Waals surface area (Å²) in [6, 6.07) is 1.98. The Labute approximate surface area is 102 Å². The molecule has 94 valence electrons. The average Bonchev–Trinajstić information content (AvgIpc) is 2.90. The van der Waals surface area contributed by atoms with Gasteiger partial charge in [-0.15, -0.1) is 0 Å². The van der Waals surface area contributed by atoms with Crippen LogP contribution in [0.3, 0.4) is 0 Å². The first-order valence-electron chi connectivity index (χ1n) is 6.37. The maximum absolute atomic E-state index is 12.3. The molecule has 1 unspecified atom stereocenters. The van der Waals surface area contributed by atoms with Crippen LogP contribution in [0.15, 0.2) is 18.5 Å². The van der Waals surface area contributed by atoms with Gasteiger partial charge in [-0.3, -0.25) is 4.79 Å². The van der Waals surface area contributed by atoms with Crippen LogP contribution in [0, 0.1) is 5.41 Å². The Balaban J connectivity index is 1.93. The molecule has 3 N–H and O–H groups in total. The van der Waals surface area contributed by atoms with Gasteiger partial charge in [-0.2, -0.15) is 0 Å². The zero-order valence-electron chi connectivity index (χ0n) is 10.4. The molecular weight excluding hydrogens is 214 g/mol. The van der Waals surface area contributed by atoms with Crippen molar-refractivity contribution in [2.75, 3.05) is 13.1 Å². The van der Waals surface area contributed by atoms with Gasteiger partial charge in [0.15, 0.2) is 0 Å². The van der Waals surface area contributed by atoms with Gasteiger partial charge >= 0.3 is 0 Å². The van der Waals surface area contributed by atoms with Gasteiger partial charge in [0.25, 0.3) is 0 Å². The predicted molar refractivity (Wildman–Crippen MR) is 67.5 cm³/mol. The summed E-state index contributed by atoms with van der Waals surface area (Å²) in [7, 11) is 0. The molecule has 4 nitrogen and oxygen atoms in total. The van der Waals surface area contributed by atoms with Crippen LogP contribution in [0.5, 0.6) is 0 Å². The van der Waals surface area contributed by atoms with Crippen molar-refractivity contribution >= 4 is 5.91 Å². The standard InChI is InChI=1S/C13H21N3O/c1-2-13(5-3-6-15-10-13)12(17)16-9-11-4-7-14-8-11/h4,7-8,14-15H,2-3,5-6,9-10H2,1H3,(H,16,17). The SMILES string of the molecule is CCC1(C(=O)NCc2cc[nH]c2)CCCNC1. The van der Waals surface area contributed by atoms with Crippen molar-refractivity contribution in [1.82, 2.24) is 15.6 Å². The van der Waals surface area contributed by atoms with Gasteiger partial charge in [0.05, 0.1) is 5.41 Å². The lowest BCUT2D eigenvalue weighted by atomic mass is 9.77. The predicted octanol–water partition coefficient (Wildman–Crippen LogP) is 1.41. The van der Waals surface area contributed by atoms with Gasteiger partial charge in [-0.05, 0) is 37.4 Å². The summed E-state index contributed by atoms with van der Waals surface area (Å²) in [5.41, 5.74) is 0.919. The summed E-state index contributed by atoms with van der Waals surface area (Å²) in [4.78, 5) is 15.3. The van der Waals surface area contributed by atoms with E-state index in [2.05, 4.69) is 22.5 Å². The topological polar surface area (TPSA) is 56.9 Å². The van der Waals surface area contributed by atoms with E-state index in [4.69, 9.17) is 0 Å². The van der Waals surface area contributed by atoms with E-state index in [0.717, 1.165) is 37.9 Å². The molecule has 0 aromatic carbocycles. The summed E-state index contributed by atoms with van der Waals surface area (Å²) in [6.07, 6.45) is 6.77. The average molecular weight is 235 g/mol. The quantitative estimate of drug-likeness (QED) is 0.739. The molecule has 1 aliphatic heterocycles. The molecule has 2 heterocycles. The van der Waals surface area contributed by atoms with Crippen molar-refractivity contribution in [3.05, 3.63) is 24.0 Å². The first-order valence-corrected chi connectivity index (χ1v) is 6.37. The Bertz CT molecular complexity index is 353. The zero-order valence-corrected chi connectivity index (χ0v) is 10.4. The van der Waals surface area contributed by atoms with E-state index in [1.54, 1.807) is 0 Å². The number of carbonyl (C=O) groups is 1. The number of rotatable bonds is 4. The molecule has 2 rings (SSSR count). The highest BCUT2D eigenvalue weighted by Gasteiger charge is 2.37. The van der Waals surface area contributed by atoms with Crippen molar-refractivity contribution in [3.63, 3.8) is 0 Å². The molecule has 0 bridgehead atoms. The van der Waals surface area contributed by atoms with Crippen LogP contribution in [0.2, 0.25) is 0 Å². The van der Waals surface area contributed by atoms with Crippen LogP contribution in [0.25, 0.3) is 0 Å². The molecule has 1 atom stereocenters. The van der Waals surface area contributed by atoms with E-state index < -0.39 is 0 Å². The molecule has 0 radical (unpaired) electrons. The molecular formula is C13H21N3O. The van der Waals surface area contributed by atoms with Gasteiger partial charge in [-0.1, -0.05) is 6.92 Å². The molecule has 1 aliphatic rings. The fourth-order valence-corrected chi connectivity index (χ4v) is 2.46. The monoisotopic (exact) mass is 235 g/mol. The lowest BCUT2D eigenvalue weighted by molar-refractivity contribution is -0.132. The first kappa shape index (κ1) is 12.2. The van der Waals surface area contributed by atoms with Gasteiger partial charge in [0, 0.05) is 25.5 Å². The zero-order chi connectivity index (χ0) is 12.1. The Hall–Kier alpha value is -1.29. The molecule has 0 saturated carbocycles. The number of aromatic nitrogens is 1. The summed E-state index contributed by atoms with van der Waals surface area (Å²) in [5, 5.41) is 6.38. The van der Waals surface area contributed by atoms with Crippen LogP contribution >= 0.6 is 0 Å². The third kappa shape index (κ3) is 2.69. The number of piperidine rings is 1. The number of H-pyrrole nitrogens is 1. The minimum absolute atomic E-state index is 0.188. The fourth-order valence-electron chi connectivity index (χ4n) is 2.46. The van der Waals surface area contributed by atoms with Crippen molar-refractivity contribution in [3.8, 4) is 0 Å². The van der Waals surface area contributed by atoms with Gasteiger partial charge in [0.2, 0.25) is 5.91 Å². The van der Waals surface area contributed by atoms with Crippen LogP contribution < -0.4 is 10.6 Å². The highest BCUT2D eigenvalue weighted by molar-refractivity contribution is 5.83. The Kier molecular flexibility index (Phi) is 3.84. The van der Waals surface area contributed by atoms with Crippen molar-refractivity contribution < 1.29 is 4.79 Å². The van der Waals surface area contributed by atoms with Crippen LogP contribution in [0.4, 0.5) is 0 Å². The Morgan fingerprint density at radius 1 is 1.59 bits per heavy atom. The lowest BCUT2D eigenvalue weighted by Gasteiger charge is -2.35. The van der Waals surface area contributed by atoms with Crippen LogP contribution in [-0.2, 0) is 11.3 Å². The van der Waals surface area contributed by atoms with E-state index in [9.17, 15) is 4.79 Å². The van der Waals surface area contributed by atoms with Gasteiger partial charge < -0.3 is 15.6 Å². The number of hydrogen-bond acceptors (Lipinski definition) is 2. The summed E-state index contributed by atoms with van der Waals surface area (Å²) < 4.78 is 0. The second-order valence-corrected chi connectivity index (χ2v) is 4.82.